The summed E-state index contributed by atoms with van der Waals surface area (Å²) in [7, 11) is 0. The standard InChI is InChI=1S/C14H19BF3O.K/c1-10-3-6-14(9-11(10)2)19-13-7-4-12(5-8-13)15(16,17)18;/h4-5,7-8,10-11,14H,3,6,9H2,1-2H3;/q-1;+1. The predicted octanol–water partition coefficient (Wildman–Crippen LogP) is 0.948. The first-order valence-electron chi connectivity index (χ1n) is 6.83. The monoisotopic (exact) mass is 310 g/mol. The second kappa shape index (κ2) is 7.68. The molecule has 0 spiro atoms. The number of ether oxygens (including phenoxy) is 1. The predicted molar refractivity (Wildman–Crippen MR) is 71.7 cm³/mol. The molecule has 2 rings (SSSR count). The Morgan fingerprint density at radius 3 is 2.10 bits per heavy atom. The summed E-state index contributed by atoms with van der Waals surface area (Å²) in [6, 6.07) is 5.05. The van der Waals surface area contributed by atoms with E-state index in [4.69, 9.17) is 4.74 Å². The van der Waals surface area contributed by atoms with Gasteiger partial charge in [0.1, 0.15) is 5.75 Å². The van der Waals surface area contributed by atoms with E-state index in [1.54, 1.807) is 0 Å². The second-order valence-electron chi connectivity index (χ2n) is 5.65. The number of benzene rings is 1. The van der Waals surface area contributed by atoms with Crippen LogP contribution in [0.25, 0.3) is 0 Å². The van der Waals surface area contributed by atoms with Gasteiger partial charge in [0.2, 0.25) is 0 Å². The number of halogens is 3. The fraction of sp³-hybridized carbons (Fsp3) is 0.571. The molecule has 0 saturated heterocycles. The van der Waals surface area contributed by atoms with Crippen molar-refractivity contribution in [3.63, 3.8) is 0 Å². The molecular formula is C14H19BF3KO. The zero-order valence-electron chi connectivity index (χ0n) is 12.3. The van der Waals surface area contributed by atoms with E-state index in [1.165, 1.54) is 12.1 Å². The molecule has 1 aliphatic rings. The summed E-state index contributed by atoms with van der Waals surface area (Å²) in [6.07, 6.45) is 3.21. The van der Waals surface area contributed by atoms with E-state index < -0.39 is 12.4 Å². The summed E-state index contributed by atoms with van der Waals surface area (Å²) in [5, 5.41) is 0. The average molecular weight is 310 g/mol. The normalized spacial score (nSPS) is 26.8. The van der Waals surface area contributed by atoms with Gasteiger partial charge in [-0.3, -0.25) is 0 Å². The molecule has 1 fully saturated rings. The van der Waals surface area contributed by atoms with Crippen molar-refractivity contribution in [3.05, 3.63) is 24.3 Å². The molecule has 0 bridgehead atoms. The minimum atomic E-state index is -4.91. The van der Waals surface area contributed by atoms with Crippen molar-refractivity contribution in [2.24, 2.45) is 11.8 Å². The molecule has 0 heterocycles. The molecule has 1 saturated carbocycles. The van der Waals surface area contributed by atoms with E-state index in [0.717, 1.165) is 31.4 Å². The van der Waals surface area contributed by atoms with Crippen LogP contribution in [0, 0.1) is 11.8 Å². The first-order valence-corrected chi connectivity index (χ1v) is 6.83. The molecule has 3 unspecified atom stereocenters. The molecule has 1 aromatic carbocycles. The Balaban J connectivity index is 0.00000200. The molecule has 1 aliphatic carbocycles. The molecule has 0 amide bonds. The van der Waals surface area contributed by atoms with Crippen LogP contribution in [0.1, 0.15) is 33.1 Å². The second-order valence-corrected chi connectivity index (χ2v) is 5.65. The molecule has 6 heteroatoms. The van der Waals surface area contributed by atoms with Crippen LogP contribution in [0.15, 0.2) is 24.3 Å². The molecular weight excluding hydrogens is 291 g/mol. The van der Waals surface area contributed by atoms with E-state index in [0.29, 0.717) is 17.6 Å². The van der Waals surface area contributed by atoms with Gasteiger partial charge in [-0.1, -0.05) is 26.0 Å². The van der Waals surface area contributed by atoms with Gasteiger partial charge in [-0.25, -0.2) is 0 Å². The van der Waals surface area contributed by atoms with E-state index >= 15 is 0 Å². The fourth-order valence-corrected chi connectivity index (χ4v) is 2.56. The first kappa shape index (κ1) is 18.6. The van der Waals surface area contributed by atoms with Crippen LogP contribution in [0.2, 0.25) is 0 Å². The number of hydrogen-bond acceptors (Lipinski definition) is 1. The quantitative estimate of drug-likeness (QED) is 0.756. The summed E-state index contributed by atoms with van der Waals surface area (Å²) in [5.41, 5.74) is -0.571. The van der Waals surface area contributed by atoms with E-state index in [1.807, 2.05) is 0 Å². The third-order valence-electron chi connectivity index (χ3n) is 4.11. The van der Waals surface area contributed by atoms with E-state index in [2.05, 4.69) is 13.8 Å². The smallest absolute Gasteiger partial charge is 0.490 e. The molecule has 0 N–H and O–H groups in total. The van der Waals surface area contributed by atoms with Crippen LogP contribution in [0.4, 0.5) is 12.9 Å². The number of hydrogen-bond donors (Lipinski definition) is 0. The van der Waals surface area contributed by atoms with Crippen molar-refractivity contribution in [2.75, 3.05) is 0 Å². The molecule has 0 aromatic heterocycles. The average Bonchev–Trinajstić information content (AvgIpc) is 2.33. The Hall–Kier alpha value is 0.511. The van der Waals surface area contributed by atoms with Gasteiger partial charge in [0, 0.05) is 0 Å². The van der Waals surface area contributed by atoms with Gasteiger partial charge >= 0.3 is 58.4 Å². The van der Waals surface area contributed by atoms with Gasteiger partial charge in [0.05, 0.1) is 6.10 Å². The van der Waals surface area contributed by atoms with Gasteiger partial charge in [-0.15, -0.1) is 5.46 Å². The van der Waals surface area contributed by atoms with Crippen LogP contribution < -0.4 is 61.6 Å². The van der Waals surface area contributed by atoms with Crippen molar-refractivity contribution >= 4 is 12.4 Å². The van der Waals surface area contributed by atoms with Gasteiger partial charge < -0.3 is 17.7 Å². The Bertz CT molecular complexity index is 421. The maximum absolute atomic E-state index is 12.5. The molecule has 0 aliphatic heterocycles. The summed E-state index contributed by atoms with van der Waals surface area (Å²) in [4.78, 5) is 0. The topological polar surface area (TPSA) is 9.23 Å². The Kier molecular flexibility index (Phi) is 7.12. The van der Waals surface area contributed by atoms with E-state index in [-0.39, 0.29) is 57.5 Å². The minimum Gasteiger partial charge on any atom is -0.490 e. The zero-order valence-corrected chi connectivity index (χ0v) is 15.4. The Labute approximate surface area is 161 Å². The summed E-state index contributed by atoms with van der Waals surface area (Å²) in [6.45, 7) is -0.473. The van der Waals surface area contributed by atoms with Crippen molar-refractivity contribution in [2.45, 2.75) is 39.2 Å². The van der Waals surface area contributed by atoms with E-state index in [9.17, 15) is 12.9 Å². The largest absolute Gasteiger partial charge is 1.00 e. The Morgan fingerprint density at radius 1 is 1.00 bits per heavy atom. The van der Waals surface area contributed by atoms with Crippen LogP contribution >= 0.6 is 0 Å². The SMILES string of the molecule is CC1CCC(Oc2ccc([B-](F)(F)F)cc2)CC1C.[K+]. The summed E-state index contributed by atoms with van der Waals surface area (Å²) < 4.78 is 43.3. The van der Waals surface area contributed by atoms with Crippen LogP contribution in [0.3, 0.4) is 0 Å². The number of rotatable bonds is 3. The van der Waals surface area contributed by atoms with Gasteiger partial charge in [-0.05, 0) is 43.2 Å². The zero-order chi connectivity index (χ0) is 14.0. The van der Waals surface area contributed by atoms with Crippen molar-refractivity contribution in [1.29, 1.82) is 0 Å². The summed E-state index contributed by atoms with van der Waals surface area (Å²) >= 11 is 0. The maximum atomic E-state index is 12.5. The molecule has 3 atom stereocenters. The van der Waals surface area contributed by atoms with Crippen LogP contribution in [-0.4, -0.2) is 13.1 Å². The van der Waals surface area contributed by atoms with Gasteiger partial charge in [0.25, 0.3) is 0 Å². The van der Waals surface area contributed by atoms with Crippen molar-refractivity contribution < 1.29 is 69.1 Å². The summed E-state index contributed by atoms with van der Waals surface area (Å²) in [5.74, 6) is 1.85. The van der Waals surface area contributed by atoms with Crippen LogP contribution in [-0.2, 0) is 0 Å². The molecule has 1 nitrogen and oxygen atoms in total. The maximum Gasteiger partial charge on any atom is 1.00 e. The van der Waals surface area contributed by atoms with Crippen molar-refractivity contribution in [3.8, 4) is 5.75 Å². The van der Waals surface area contributed by atoms with Gasteiger partial charge in [0.15, 0.2) is 0 Å². The third-order valence-corrected chi connectivity index (χ3v) is 4.11. The fourth-order valence-electron chi connectivity index (χ4n) is 2.56. The minimum absolute atomic E-state index is 0. The first-order chi connectivity index (χ1) is 8.86. The molecule has 0 radical (unpaired) electrons. The molecule has 20 heavy (non-hydrogen) atoms. The van der Waals surface area contributed by atoms with Crippen LogP contribution in [0.5, 0.6) is 5.75 Å². The molecule has 1 aromatic rings. The Morgan fingerprint density at radius 2 is 1.60 bits per heavy atom. The van der Waals surface area contributed by atoms with Crippen molar-refractivity contribution in [1.82, 2.24) is 0 Å². The van der Waals surface area contributed by atoms with Gasteiger partial charge in [-0.2, -0.15) is 0 Å². The molecule has 106 valence electrons. The third kappa shape index (κ3) is 5.05.